The van der Waals surface area contributed by atoms with Crippen LogP contribution in [-0.2, 0) is 0 Å². The summed E-state index contributed by atoms with van der Waals surface area (Å²) in [5.41, 5.74) is 0.547. The Morgan fingerprint density at radius 2 is 1.57 bits per heavy atom. The minimum absolute atomic E-state index is 0.0969. The van der Waals surface area contributed by atoms with Gasteiger partial charge in [0, 0.05) is 5.56 Å². The number of nitrogens with zero attached hydrogens (tertiary/aromatic N) is 2. The Labute approximate surface area is 139 Å². The van der Waals surface area contributed by atoms with E-state index in [1.807, 2.05) is 0 Å². The summed E-state index contributed by atoms with van der Waals surface area (Å²) in [6.45, 7) is 0. The molecule has 0 aliphatic rings. The van der Waals surface area contributed by atoms with Gasteiger partial charge in [-0.25, -0.2) is 14.4 Å². The lowest BCUT2D eigenvalue weighted by molar-refractivity contribution is 0.631. The van der Waals surface area contributed by atoms with Crippen LogP contribution in [0.3, 0.4) is 0 Å². The van der Waals surface area contributed by atoms with Crippen molar-refractivity contribution in [3.63, 3.8) is 0 Å². The maximum Gasteiger partial charge on any atom is 0.172 e. The molecule has 2 aromatic heterocycles. The molecule has 0 radical (unpaired) electrons. The SMILES string of the molecule is Fc1ccccc1-c1c(Cl)nc(-c2ccc(Cl)s2)nc1Cl. The first-order valence-electron chi connectivity index (χ1n) is 5.80. The van der Waals surface area contributed by atoms with Gasteiger partial charge in [0.2, 0.25) is 0 Å². The summed E-state index contributed by atoms with van der Waals surface area (Å²) >= 11 is 19.5. The van der Waals surface area contributed by atoms with Crippen LogP contribution in [0.2, 0.25) is 14.6 Å². The lowest BCUT2D eigenvalue weighted by Crippen LogP contribution is -1.95. The summed E-state index contributed by atoms with van der Waals surface area (Å²) in [6.07, 6.45) is 0. The van der Waals surface area contributed by atoms with Crippen molar-refractivity contribution in [2.24, 2.45) is 0 Å². The van der Waals surface area contributed by atoms with Crippen LogP contribution < -0.4 is 0 Å². The van der Waals surface area contributed by atoms with Crippen LogP contribution in [0.15, 0.2) is 36.4 Å². The van der Waals surface area contributed by atoms with Gasteiger partial charge in [-0.05, 0) is 18.2 Å². The second kappa shape index (κ2) is 5.89. The fourth-order valence-electron chi connectivity index (χ4n) is 1.84. The first kappa shape index (κ1) is 14.7. The van der Waals surface area contributed by atoms with Gasteiger partial charge in [0.15, 0.2) is 5.82 Å². The molecule has 0 saturated carbocycles. The summed E-state index contributed by atoms with van der Waals surface area (Å²) in [7, 11) is 0. The van der Waals surface area contributed by atoms with E-state index in [0.717, 1.165) is 4.88 Å². The fraction of sp³-hybridized carbons (Fsp3) is 0. The van der Waals surface area contributed by atoms with Crippen molar-refractivity contribution < 1.29 is 4.39 Å². The van der Waals surface area contributed by atoms with Crippen molar-refractivity contribution in [3.05, 3.63) is 56.9 Å². The largest absolute Gasteiger partial charge is 0.215 e. The van der Waals surface area contributed by atoms with Crippen molar-refractivity contribution in [1.29, 1.82) is 0 Å². The molecule has 0 spiro atoms. The first-order chi connectivity index (χ1) is 10.1. The molecule has 0 fully saturated rings. The van der Waals surface area contributed by atoms with Gasteiger partial charge in [-0.1, -0.05) is 53.0 Å². The van der Waals surface area contributed by atoms with Gasteiger partial charge in [0.25, 0.3) is 0 Å². The highest BCUT2D eigenvalue weighted by atomic mass is 35.5. The van der Waals surface area contributed by atoms with Crippen LogP contribution in [0.4, 0.5) is 4.39 Å². The minimum Gasteiger partial charge on any atom is -0.215 e. The molecule has 2 heterocycles. The van der Waals surface area contributed by atoms with E-state index in [-0.39, 0.29) is 21.4 Å². The molecule has 0 N–H and O–H groups in total. The normalized spacial score (nSPS) is 10.9. The Kier molecular flexibility index (Phi) is 4.13. The number of rotatable bonds is 2. The predicted molar refractivity (Wildman–Crippen MR) is 85.8 cm³/mol. The highest BCUT2D eigenvalue weighted by molar-refractivity contribution is 7.19. The molecule has 0 aliphatic heterocycles. The third-order valence-corrected chi connectivity index (χ3v) is 4.53. The van der Waals surface area contributed by atoms with Crippen molar-refractivity contribution in [1.82, 2.24) is 9.97 Å². The molecule has 1 aromatic carbocycles. The van der Waals surface area contributed by atoms with E-state index >= 15 is 0 Å². The third-order valence-electron chi connectivity index (χ3n) is 2.76. The average Bonchev–Trinajstić information content (AvgIpc) is 2.87. The zero-order valence-electron chi connectivity index (χ0n) is 10.3. The summed E-state index contributed by atoms with van der Waals surface area (Å²) in [5, 5.41) is 0.194. The molecule has 0 bridgehead atoms. The second-order valence-corrected chi connectivity index (χ2v) is 6.52. The quantitative estimate of drug-likeness (QED) is 0.527. The van der Waals surface area contributed by atoms with E-state index in [0.29, 0.717) is 10.2 Å². The van der Waals surface area contributed by atoms with Crippen molar-refractivity contribution >= 4 is 46.1 Å². The molecule has 0 saturated heterocycles. The van der Waals surface area contributed by atoms with Gasteiger partial charge in [-0.15, -0.1) is 11.3 Å². The fourth-order valence-corrected chi connectivity index (χ4v) is 3.41. The van der Waals surface area contributed by atoms with Gasteiger partial charge in [-0.2, -0.15) is 0 Å². The Morgan fingerprint density at radius 3 is 2.14 bits per heavy atom. The highest BCUT2D eigenvalue weighted by Gasteiger charge is 2.18. The molecule has 2 nitrogen and oxygen atoms in total. The van der Waals surface area contributed by atoms with Crippen molar-refractivity contribution in [2.75, 3.05) is 0 Å². The standard InChI is InChI=1S/C14H6Cl3FN2S/c15-10-6-5-9(21-10)14-19-12(16)11(13(17)20-14)7-3-1-2-4-8(7)18/h1-6H. The first-order valence-corrected chi connectivity index (χ1v) is 7.75. The lowest BCUT2D eigenvalue weighted by Gasteiger charge is -2.08. The van der Waals surface area contributed by atoms with Crippen molar-refractivity contribution in [2.45, 2.75) is 0 Å². The number of aromatic nitrogens is 2. The maximum absolute atomic E-state index is 13.9. The molecule has 3 rings (SSSR count). The molecular weight excluding hydrogens is 354 g/mol. The topological polar surface area (TPSA) is 25.8 Å². The smallest absolute Gasteiger partial charge is 0.172 e. The van der Waals surface area contributed by atoms with Gasteiger partial charge in [-0.3, -0.25) is 0 Å². The second-order valence-electron chi connectivity index (χ2n) is 4.09. The number of hydrogen-bond acceptors (Lipinski definition) is 3. The van der Waals surface area contributed by atoms with Gasteiger partial charge >= 0.3 is 0 Å². The Morgan fingerprint density at radius 1 is 0.905 bits per heavy atom. The van der Waals surface area contributed by atoms with Crippen molar-refractivity contribution in [3.8, 4) is 21.8 Å². The zero-order valence-corrected chi connectivity index (χ0v) is 13.4. The zero-order chi connectivity index (χ0) is 15.0. The van der Waals surface area contributed by atoms with Crippen LogP contribution in [0.5, 0.6) is 0 Å². The molecular formula is C14H6Cl3FN2S. The summed E-state index contributed by atoms with van der Waals surface area (Å²) < 4.78 is 14.5. The van der Waals surface area contributed by atoms with Gasteiger partial charge < -0.3 is 0 Å². The molecule has 0 amide bonds. The number of halogens is 4. The van der Waals surface area contributed by atoms with Crippen LogP contribution >= 0.6 is 46.1 Å². The summed E-state index contributed by atoms with van der Waals surface area (Å²) in [4.78, 5) is 9.12. The van der Waals surface area contributed by atoms with Crippen LogP contribution in [-0.4, -0.2) is 9.97 Å². The van der Waals surface area contributed by atoms with E-state index in [1.165, 1.54) is 17.4 Å². The molecule has 0 aliphatic carbocycles. The summed E-state index contributed by atoms with van der Waals surface area (Å²) in [6, 6.07) is 9.69. The van der Waals surface area contributed by atoms with E-state index in [4.69, 9.17) is 34.8 Å². The van der Waals surface area contributed by atoms with E-state index in [9.17, 15) is 4.39 Å². The summed E-state index contributed by atoms with van der Waals surface area (Å²) in [5.74, 6) is -0.0705. The third kappa shape index (κ3) is 2.90. The number of benzene rings is 1. The average molecular weight is 360 g/mol. The van der Waals surface area contributed by atoms with Gasteiger partial charge in [0.1, 0.15) is 16.1 Å². The number of hydrogen-bond donors (Lipinski definition) is 0. The Balaban J connectivity index is 2.15. The Bertz CT molecular complexity index is 796. The van der Waals surface area contributed by atoms with Crippen LogP contribution in [0.1, 0.15) is 0 Å². The molecule has 106 valence electrons. The minimum atomic E-state index is -0.434. The highest BCUT2D eigenvalue weighted by Crippen LogP contribution is 2.37. The maximum atomic E-state index is 13.9. The van der Waals surface area contributed by atoms with Crippen LogP contribution in [0.25, 0.3) is 21.8 Å². The lowest BCUT2D eigenvalue weighted by atomic mass is 10.1. The molecule has 21 heavy (non-hydrogen) atoms. The Hall–Kier alpha value is -1.20. The van der Waals surface area contributed by atoms with E-state index in [2.05, 4.69) is 9.97 Å². The van der Waals surface area contributed by atoms with Gasteiger partial charge in [0.05, 0.1) is 14.8 Å². The monoisotopic (exact) mass is 358 g/mol. The van der Waals surface area contributed by atoms with Crippen LogP contribution in [0, 0.1) is 5.82 Å². The number of thiophene rings is 1. The molecule has 0 atom stereocenters. The molecule has 0 unspecified atom stereocenters. The predicted octanol–water partition coefficient (Wildman–Crippen LogP) is 5.97. The van der Waals surface area contributed by atoms with E-state index in [1.54, 1.807) is 30.3 Å². The molecule has 3 aromatic rings. The molecule has 7 heteroatoms. The van der Waals surface area contributed by atoms with E-state index < -0.39 is 5.82 Å².